The van der Waals surface area contributed by atoms with Crippen molar-refractivity contribution in [2.75, 3.05) is 11.5 Å². The highest BCUT2D eigenvalue weighted by Crippen LogP contribution is 2.41. The summed E-state index contributed by atoms with van der Waals surface area (Å²) in [5.41, 5.74) is 8.47. The van der Waals surface area contributed by atoms with Crippen LogP contribution in [0.3, 0.4) is 0 Å². The maximum Gasteiger partial charge on any atom is 0.352 e. The number of aryl methyl sites for hydroxylation is 1. The minimum absolute atomic E-state index is 0.0452. The summed E-state index contributed by atoms with van der Waals surface area (Å²) in [5, 5.41) is 19.5. The number of nitrogens with zero attached hydrogens (tertiary/aromatic N) is 4. The van der Waals surface area contributed by atoms with Gasteiger partial charge in [-0.1, -0.05) is 41.3 Å². The molecule has 2 aromatic heterocycles. The Balaban J connectivity index is 1.23. The molecule has 0 spiro atoms. The van der Waals surface area contributed by atoms with Crippen molar-refractivity contribution in [3.8, 4) is 5.88 Å². The van der Waals surface area contributed by atoms with E-state index in [9.17, 15) is 14.7 Å². The van der Waals surface area contributed by atoms with Crippen molar-refractivity contribution in [3.63, 3.8) is 0 Å². The zero-order chi connectivity index (χ0) is 23.1. The molecule has 0 saturated carbocycles. The number of carbonyl (C=O) groups excluding carboxylic acids is 1. The fraction of sp³-hybridized carbons (Fsp3) is 0.286. The molecule has 33 heavy (non-hydrogen) atoms. The van der Waals surface area contributed by atoms with Crippen LogP contribution in [0, 0.1) is 6.92 Å². The number of para-hydroxylation sites is 1. The van der Waals surface area contributed by atoms with Gasteiger partial charge >= 0.3 is 5.97 Å². The number of carboxylic acids is 1. The number of aliphatic carboxylic acids is 1. The summed E-state index contributed by atoms with van der Waals surface area (Å²) in [4.78, 5) is 29.7. The minimum Gasteiger partial charge on any atom is -0.477 e. The number of amides is 1. The first-order valence-electron chi connectivity index (χ1n) is 10.0. The van der Waals surface area contributed by atoms with E-state index in [2.05, 4.69) is 15.2 Å². The van der Waals surface area contributed by atoms with Crippen molar-refractivity contribution in [3.05, 3.63) is 52.2 Å². The number of ether oxygens (including phenoxy) is 1. The molecule has 1 saturated heterocycles. The molecular weight excluding hydrogens is 482 g/mol. The number of hydrogen-bond donors (Lipinski definition) is 2. The van der Waals surface area contributed by atoms with Gasteiger partial charge in [0, 0.05) is 23.0 Å². The average Bonchev–Trinajstić information content (AvgIpc) is 3.28. The fourth-order valence-corrected chi connectivity index (χ4v) is 6.96. The molecule has 0 radical (unpaired) electrons. The molecule has 12 heteroatoms. The summed E-state index contributed by atoms with van der Waals surface area (Å²) in [6, 6.07) is 9.16. The van der Waals surface area contributed by atoms with Crippen LogP contribution in [0.25, 0.3) is 10.9 Å². The van der Waals surface area contributed by atoms with Crippen molar-refractivity contribution in [2.45, 2.75) is 29.3 Å². The smallest absolute Gasteiger partial charge is 0.352 e. The van der Waals surface area contributed by atoms with Gasteiger partial charge in [0.2, 0.25) is 11.8 Å². The summed E-state index contributed by atoms with van der Waals surface area (Å²) in [6.45, 7) is 2.26. The van der Waals surface area contributed by atoms with Crippen LogP contribution >= 0.6 is 34.9 Å². The van der Waals surface area contributed by atoms with Crippen LogP contribution in [-0.2, 0) is 16.2 Å². The second-order valence-corrected chi connectivity index (χ2v) is 10.9. The SMILES string of the molecule is Cc1cc(OCc2nnc(SCC3=C(C(=O)O)N4C(=O)C(N)C4SC3)s2)nc2ccccc12. The van der Waals surface area contributed by atoms with Crippen LogP contribution in [0.4, 0.5) is 0 Å². The summed E-state index contributed by atoms with van der Waals surface area (Å²) in [5.74, 6) is -0.0152. The standard InChI is InChI=1S/C21H19N5O4S3/c1-10-6-14(23-13-5-3-2-4-12(10)13)30-7-15-24-25-21(33-15)32-9-11-8-31-19-16(22)18(27)26(19)17(11)20(28)29/h2-6,16,19H,7-9,22H2,1H3,(H,28,29). The second kappa shape index (κ2) is 8.93. The lowest BCUT2D eigenvalue weighted by molar-refractivity contribution is -0.147. The van der Waals surface area contributed by atoms with E-state index in [0.29, 0.717) is 32.3 Å². The Bertz CT molecular complexity index is 1290. The van der Waals surface area contributed by atoms with Crippen LogP contribution in [0.15, 0.2) is 45.9 Å². The Morgan fingerprint density at radius 1 is 1.36 bits per heavy atom. The Hall–Kier alpha value is -2.67. The van der Waals surface area contributed by atoms with Gasteiger partial charge in [0.1, 0.15) is 23.7 Å². The molecule has 4 heterocycles. The van der Waals surface area contributed by atoms with E-state index in [4.69, 9.17) is 10.5 Å². The lowest BCUT2D eigenvalue weighted by Gasteiger charge is -2.48. The quantitative estimate of drug-likeness (QED) is 0.368. The molecule has 1 amide bonds. The normalized spacial score (nSPS) is 20.1. The number of hydrogen-bond acceptors (Lipinski definition) is 10. The van der Waals surface area contributed by atoms with Crippen molar-refractivity contribution < 1.29 is 19.4 Å². The molecule has 3 N–H and O–H groups in total. The highest BCUT2D eigenvalue weighted by atomic mass is 32.2. The molecule has 0 bridgehead atoms. The summed E-state index contributed by atoms with van der Waals surface area (Å²) < 4.78 is 6.53. The molecule has 2 aliphatic heterocycles. The van der Waals surface area contributed by atoms with E-state index in [0.717, 1.165) is 16.5 Å². The minimum atomic E-state index is -1.11. The van der Waals surface area contributed by atoms with E-state index in [-0.39, 0.29) is 23.6 Å². The number of aromatic nitrogens is 3. The van der Waals surface area contributed by atoms with Crippen molar-refractivity contribution in [1.82, 2.24) is 20.1 Å². The first kappa shape index (κ1) is 22.1. The Labute approximate surface area is 201 Å². The lowest BCUT2D eigenvalue weighted by Crippen LogP contribution is -2.68. The van der Waals surface area contributed by atoms with Crippen LogP contribution in [0.5, 0.6) is 5.88 Å². The van der Waals surface area contributed by atoms with E-state index in [1.165, 1.54) is 39.8 Å². The molecule has 5 rings (SSSR count). The van der Waals surface area contributed by atoms with Crippen molar-refractivity contribution in [2.24, 2.45) is 5.73 Å². The fourth-order valence-electron chi connectivity index (χ4n) is 3.72. The van der Waals surface area contributed by atoms with E-state index in [1.807, 2.05) is 37.3 Å². The third-order valence-corrected chi connectivity index (χ3v) is 8.83. The first-order chi connectivity index (χ1) is 15.9. The third kappa shape index (κ3) is 4.19. The lowest BCUT2D eigenvalue weighted by atomic mass is 10.0. The number of rotatable bonds is 7. The van der Waals surface area contributed by atoms with Crippen LogP contribution < -0.4 is 10.5 Å². The molecule has 2 aliphatic rings. The molecule has 1 fully saturated rings. The van der Waals surface area contributed by atoms with Crippen molar-refractivity contribution >= 4 is 57.6 Å². The van der Waals surface area contributed by atoms with E-state index >= 15 is 0 Å². The molecule has 2 atom stereocenters. The zero-order valence-corrected chi connectivity index (χ0v) is 19.9. The number of benzene rings is 1. The van der Waals surface area contributed by atoms with Gasteiger partial charge in [-0.2, -0.15) is 0 Å². The van der Waals surface area contributed by atoms with Crippen LogP contribution in [-0.4, -0.2) is 60.0 Å². The van der Waals surface area contributed by atoms with Gasteiger partial charge in [-0.25, -0.2) is 9.78 Å². The molecule has 2 unspecified atom stereocenters. The molecule has 0 aliphatic carbocycles. The number of fused-ring (bicyclic) bond motifs is 2. The first-order valence-corrected chi connectivity index (χ1v) is 12.9. The average molecular weight is 502 g/mol. The maximum atomic E-state index is 12.1. The highest BCUT2D eigenvalue weighted by Gasteiger charge is 2.51. The highest BCUT2D eigenvalue weighted by molar-refractivity contribution is 8.01. The van der Waals surface area contributed by atoms with Crippen LogP contribution in [0.1, 0.15) is 10.6 Å². The summed E-state index contributed by atoms with van der Waals surface area (Å²) >= 11 is 4.27. The second-order valence-electron chi connectivity index (χ2n) is 7.53. The summed E-state index contributed by atoms with van der Waals surface area (Å²) in [6.07, 6.45) is 0. The number of β-lactam (4-membered cyclic amide) rings is 1. The number of thioether (sulfide) groups is 2. The van der Waals surface area contributed by atoms with Gasteiger partial charge < -0.3 is 15.6 Å². The molecule has 9 nitrogen and oxygen atoms in total. The van der Waals surface area contributed by atoms with E-state index in [1.54, 1.807) is 0 Å². The van der Waals surface area contributed by atoms with Gasteiger partial charge in [0.15, 0.2) is 9.35 Å². The largest absolute Gasteiger partial charge is 0.477 e. The molecule has 1 aromatic carbocycles. The van der Waals surface area contributed by atoms with E-state index < -0.39 is 12.0 Å². The molecule has 170 valence electrons. The maximum absolute atomic E-state index is 12.1. The number of nitrogens with two attached hydrogens (primary N) is 1. The predicted molar refractivity (Wildman–Crippen MR) is 127 cm³/mol. The summed E-state index contributed by atoms with van der Waals surface area (Å²) in [7, 11) is 0. The van der Waals surface area contributed by atoms with Gasteiger partial charge in [-0.3, -0.25) is 9.69 Å². The number of carboxylic acid groups (broad SMARTS) is 1. The topological polar surface area (TPSA) is 132 Å². The monoisotopic (exact) mass is 501 g/mol. The number of carbonyl (C=O) groups is 2. The zero-order valence-electron chi connectivity index (χ0n) is 17.4. The Morgan fingerprint density at radius 2 is 2.18 bits per heavy atom. The van der Waals surface area contributed by atoms with Gasteiger partial charge in [-0.05, 0) is 24.1 Å². The Morgan fingerprint density at radius 3 is 3.00 bits per heavy atom. The molecule has 3 aromatic rings. The molecular formula is C21H19N5O4S3. The predicted octanol–water partition coefficient (Wildman–Crippen LogP) is 2.65. The van der Waals surface area contributed by atoms with Gasteiger partial charge in [0.25, 0.3) is 0 Å². The van der Waals surface area contributed by atoms with Gasteiger partial charge in [-0.15, -0.1) is 22.0 Å². The Kier molecular flexibility index (Phi) is 5.99. The van der Waals surface area contributed by atoms with Crippen molar-refractivity contribution in [1.29, 1.82) is 0 Å². The van der Waals surface area contributed by atoms with Crippen LogP contribution in [0.2, 0.25) is 0 Å². The number of pyridine rings is 1. The third-order valence-electron chi connectivity index (χ3n) is 5.35. The van der Waals surface area contributed by atoms with Gasteiger partial charge in [0.05, 0.1) is 5.52 Å².